The van der Waals surface area contributed by atoms with Gasteiger partial charge in [-0.05, 0) is 61.5 Å². The normalized spacial score (nSPS) is 11.7. The lowest BCUT2D eigenvalue weighted by atomic mass is 10.1. The fraction of sp³-hybridized carbons (Fsp3) is 0.138. The molecule has 4 rings (SSSR count). The van der Waals surface area contributed by atoms with E-state index in [1.54, 1.807) is 47.3 Å². The van der Waals surface area contributed by atoms with Crippen molar-refractivity contribution in [1.82, 2.24) is 14.1 Å². The van der Waals surface area contributed by atoms with Gasteiger partial charge >= 0.3 is 0 Å². The van der Waals surface area contributed by atoms with E-state index in [4.69, 9.17) is 4.74 Å². The molecule has 0 bridgehead atoms. The van der Waals surface area contributed by atoms with Crippen LogP contribution in [-0.4, -0.2) is 49.1 Å². The van der Waals surface area contributed by atoms with Crippen LogP contribution in [0.15, 0.2) is 95.5 Å². The third kappa shape index (κ3) is 6.23. The van der Waals surface area contributed by atoms with E-state index in [0.29, 0.717) is 34.9 Å². The Morgan fingerprint density at radius 1 is 1.08 bits per heavy atom. The highest BCUT2D eigenvalue weighted by atomic mass is 32.2. The Hall–Kier alpha value is -4.72. The Kier molecular flexibility index (Phi) is 8.24. The highest BCUT2D eigenvalue weighted by molar-refractivity contribution is 7.89. The first-order chi connectivity index (χ1) is 18.7. The van der Waals surface area contributed by atoms with E-state index < -0.39 is 15.9 Å². The van der Waals surface area contributed by atoms with Crippen molar-refractivity contribution < 1.29 is 17.9 Å². The number of anilines is 1. The molecule has 1 heterocycles. The van der Waals surface area contributed by atoms with Crippen molar-refractivity contribution in [3.63, 3.8) is 0 Å². The van der Waals surface area contributed by atoms with E-state index >= 15 is 0 Å². The number of hydrogen-bond donors (Lipinski definition) is 1. The molecule has 10 heteroatoms. The first-order valence-corrected chi connectivity index (χ1v) is 13.5. The maximum atomic E-state index is 13.0. The van der Waals surface area contributed by atoms with E-state index in [9.17, 15) is 18.5 Å². The molecule has 0 aliphatic heterocycles. The summed E-state index contributed by atoms with van der Waals surface area (Å²) in [5.41, 5.74) is 2.52. The molecule has 0 aliphatic rings. The van der Waals surface area contributed by atoms with Gasteiger partial charge in [0.1, 0.15) is 23.1 Å². The summed E-state index contributed by atoms with van der Waals surface area (Å²) in [6.45, 7) is 2.40. The monoisotopic (exact) mass is 541 g/mol. The highest BCUT2D eigenvalue weighted by Crippen LogP contribution is 2.28. The number of nitriles is 1. The van der Waals surface area contributed by atoms with Crippen LogP contribution in [-0.2, 0) is 14.8 Å². The first kappa shape index (κ1) is 27.3. The number of amides is 1. The second-order valence-electron chi connectivity index (χ2n) is 8.61. The predicted octanol–water partition coefficient (Wildman–Crippen LogP) is 4.73. The van der Waals surface area contributed by atoms with Gasteiger partial charge < -0.3 is 10.1 Å². The van der Waals surface area contributed by atoms with Crippen molar-refractivity contribution in [2.45, 2.75) is 11.8 Å². The Bertz CT molecular complexity index is 1650. The van der Waals surface area contributed by atoms with Crippen LogP contribution < -0.4 is 10.1 Å². The molecule has 3 aromatic carbocycles. The number of hydrogen-bond acceptors (Lipinski definition) is 6. The molecule has 0 radical (unpaired) electrons. The number of benzene rings is 3. The summed E-state index contributed by atoms with van der Waals surface area (Å²) < 4.78 is 33.7. The molecule has 0 aliphatic carbocycles. The number of nitrogens with one attached hydrogen (secondary N) is 1. The van der Waals surface area contributed by atoms with Gasteiger partial charge in [-0.15, -0.1) is 0 Å². The molecule has 4 aromatic rings. The van der Waals surface area contributed by atoms with Gasteiger partial charge in [0.2, 0.25) is 10.0 Å². The van der Waals surface area contributed by atoms with Gasteiger partial charge in [-0.25, -0.2) is 17.4 Å². The molecular formula is C29H27N5O4S. The van der Waals surface area contributed by atoms with Gasteiger partial charge in [0, 0.05) is 37.1 Å². The smallest absolute Gasteiger partial charge is 0.266 e. The molecule has 39 heavy (non-hydrogen) atoms. The second-order valence-corrected chi connectivity index (χ2v) is 10.8. The minimum Gasteiger partial charge on any atom is -0.494 e. The third-order valence-corrected chi connectivity index (χ3v) is 7.55. The summed E-state index contributed by atoms with van der Waals surface area (Å²) >= 11 is 0. The predicted molar refractivity (Wildman–Crippen MR) is 150 cm³/mol. The zero-order valence-corrected chi connectivity index (χ0v) is 22.5. The lowest BCUT2D eigenvalue weighted by molar-refractivity contribution is -0.112. The van der Waals surface area contributed by atoms with E-state index in [1.807, 2.05) is 43.3 Å². The average Bonchev–Trinajstić information content (AvgIpc) is 3.37. The van der Waals surface area contributed by atoms with Gasteiger partial charge in [-0.1, -0.05) is 30.3 Å². The standard InChI is InChI=1S/C29H27N5O4S/c1-4-38-26-15-13-24(14-16-26)31-29(35)22(19-30)17-23-20-34(25-10-6-5-7-11-25)32-28(23)21-9-8-12-27(18-21)39(36,37)33(2)3/h5-18,20H,4H2,1-3H3,(H,31,35). The van der Waals surface area contributed by atoms with Crippen molar-refractivity contribution in [3.8, 4) is 28.8 Å². The molecule has 0 spiro atoms. The summed E-state index contributed by atoms with van der Waals surface area (Å²) in [6, 6.07) is 24.5. The second kappa shape index (κ2) is 11.8. The molecule has 1 aromatic heterocycles. The number of sulfonamides is 1. The van der Waals surface area contributed by atoms with Crippen LogP contribution in [0.4, 0.5) is 5.69 Å². The first-order valence-electron chi connectivity index (χ1n) is 12.1. The zero-order valence-electron chi connectivity index (χ0n) is 21.7. The minimum absolute atomic E-state index is 0.0999. The van der Waals surface area contributed by atoms with Crippen LogP contribution in [0.25, 0.3) is 23.0 Å². The number of ether oxygens (including phenoxy) is 1. The molecule has 0 saturated heterocycles. The number of para-hydroxylation sites is 1. The Labute approximate surface area is 227 Å². The molecule has 0 unspecified atom stereocenters. The van der Waals surface area contributed by atoms with Gasteiger partial charge in [-0.3, -0.25) is 4.79 Å². The van der Waals surface area contributed by atoms with Gasteiger partial charge in [0.25, 0.3) is 5.91 Å². The zero-order chi connectivity index (χ0) is 28.0. The third-order valence-electron chi connectivity index (χ3n) is 5.74. The molecule has 0 saturated carbocycles. The van der Waals surface area contributed by atoms with Crippen LogP contribution in [0.1, 0.15) is 12.5 Å². The minimum atomic E-state index is -3.69. The largest absolute Gasteiger partial charge is 0.494 e. The summed E-state index contributed by atoms with van der Waals surface area (Å²) in [5.74, 6) is 0.0760. The fourth-order valence-electron chi connectivity index (χ4n) is 3.75. The van der Waals surface area contributed by atoms with Gasteiger partial charge in [-0.2, -0.15) is 10.4 Å². The molecule has 1 amide bonds. The fourth-order valence-corrected chi connectivity index (χ4v) is 4.70. The number of aromatic nitrogens is 2. The Balaban J connectivity index is 1.76. The van der Waals surface area contributed by atoms with E-state index in [2.05, 4.69) is 10.4 Å². The van der Waals surface area contributed by atoms with Crippen molar-refractivity contribution >= 4 is 27.7 Å². The molecule has 0 atom stereocenters. The highest BCUT2D eigenvalue weighted by Gasteiger charge is 2.20. The Morgan fingerprint density at radius 2 is 1.79 bits per heavy atom. The van der Waals surface area contributed by atoms with Crippen molar-refractivity contribution in [2.75, 3.05) is 26.0 Å². The van der Waals surface area contributed by atoms with Crippen molar-refractivity contribution in [3.05, 3.63) is 96.2 Å². The van der Waals surface area contributed by atoms with Crippen molar-refractivity contribution in [1.29, 1.82) is 5.26 Å². The summed E-state index contributed by atoms with van der Waals surface area (Å²) in [6.07, 6.45) is 3.14. The van der Waals surface area contributed by atoms with E-state index in [0.717, 1.165) is 9.99 Å². The lowest BCUT2D eigenvalue weighted by Gasteiger charge is -2.12. The number of carbonyl (C=O) groups is 1. The van der Waals surface area contributed by atoms with E-state index in [-0.39, 0.29) is 10.5 Å². The van der Waals surface area contributed by atoms with Gasteiger partial charge in [0.05, 0.1) is 17.2 Å². The van der Waals surface area contributed by atoms with Gasteiger partial charge in [0.15, 0.2) is 0 Å². The lowest BCUT2D eigenvalue weighted by Crippen LogP contribution is -2.22. The summed E-state index contributed by atoms with van der Waals surface area (Å²) in [5, 5.41) is 17.2. The van der Waals surface area contributed by atoms with Crippen LogP contribution in [0.5, 0.6) is 5.75 Å². The molecule has 0 fully saturated rings. The van der Waals surface area contributed by atoms with Crippen LogP contribution in [0.3, 0.4) is 0 Å². The van der Waals surface area contributed by atoms with Crippen molar-refractivity contribution in [2.24, 2.45) is 0 Å². The van der Waals surface area contributed by atoms with Crippen LogP contribution in [0, 0.1) is 11.3 Å². The van der Waals surface area contributed by atoms with Crippen LogP contribution in [0.2, 0.25) is 0 Å². The molecule has 198 valence electrons. The average molecular weight is 542 g/mol. The SMILES string of the molecule is CCOc1ccc(NC(=O)C(C#N)=Cc2cn(-c3ccccc3)nc2-c2cccc(S(=O)(=O)N(C)C)c2)cc1. The summed E-state index contributed by atoms with van der Waals surface area (Å²) in [7, 11) is -0.769. The van der Waals surface area contributed by atoms with Crippen LogP contribution >= 0.6 is 0 Å². The quantitative estimate of drug-likeness (QED) is 0.242. The van der Waals surface area contributed by atoms with E-state index in [1.165, 1.54) is 32.3 Å². The maximum Gasteiger partial charge on any atom is 0.266 e. The number of rotatable bonds is 9. The number of nitrogens with zero attached hydrogens (tertiary/aromatic N) is 4. The number of carbonyl (C=O) groups excluding carboxylic acids is 1. The summed E-state index contributed by atoms with van der Waals surface area (Å²) in [4.78, 5) is 13.1. The molecule has 1 N–H and O–H groups in total. The topological polar surface area (TPSA) is 117 Å². The maximum absolute atomic E-state index is 13.0. The molecular weight excluding hydrogens is 514 g/mol. The Morgan fingerprint density at radius 3 is 2.44 bits per heavy atom. The molecule has 9 nitrogen and oxygen atoms in total.